The van der Waals surface area contributed by atoms with E-state index in [9.17, 15) is 9.59 Å². The molecule has 0 fully saturated rings. The third-order valence-electron chi connectivity index (χ3n) is 1.84. The van der Waals surface area contributed by atoms with Crippen molar-refractivity contribution in [1.29, 1.82) is 0 Å². The van der Waals surface area contributed by atoms with E-state index in [4.69, 9.17) is 15.2 Å². The van der Waals surface area contributed by atoms with Crippen molar-refractivity contribution < 1.29 is 19.1 Å². The molecule has 5 heteroatoms. The Morgan fingerprint density at radius 1 is 1.07 bits per heavy atom. The molecule has 0 saturated heterocycles. The van der Waals surface area contributed by atoms with Gasteiger partial charge in [0.15, 0.2) is 0 Å². The van der Waals surface area contributed by atoms with E-state index in [1.807, 2.05) is 0 Å². The molecule has 0 heterocycles. The minimum absolute atomic E-state index is 0.157. The van der Waals surface area contributed by atoms with Crippen LogP contribution in [0.2, 0.25) is 0 Å². The van der Waals surface area contributed by atoms with Gasteiger partial charge in [-0.3, -0.25) is 0 Å². The topological polar surface area (TPSA) is 78.6 Å². The van der Waals surface area contributed by atoms with Crippen molar-refractivity contribution in [3.63, 3.8) is 0 Å². The van der Waals surface area contributed by atoms with Crippen LogP contribution in [0.15, 0.2) is 0 Å². The van der Waals surface area contributed by atoms with Gasteiger partial charge in [0, 0.05) is 0 Å². The average Bonchev–Trinajstić information content (AvgIpc) is 2.17. The molecular formula is C9H17NO4. The van der Waals surface area contributed by atoms with Crippen LogP contribution in [0.4, 0.5) is 0 Å². The summed E-state index contributed by atoms with van der Waals surface area (Å²) in [4.78, 5) is 22.7. The molecule has 0 saturated carbocycles. The zero-order valence-corrected chi connectivity index (χ0v) is 8.83. The summed E-state index contributed by atoms with van der Waals surface area (Å²) in [5.74, 6) is -1.47. The van der Waals surface area contributed by atoms with E-state index >= 15 is 0 Å². The predicted octanol–water partition coefficient (Wildman–Crippen LogP) is 0.220. The molecule has 14 heavy (non-hydrogen) atoms. The van der Waals surface area contributed by atoms with Gasteiger partial charge in [0.25, 0.3) is 0 Å². The first-order valence-corrected chi connectivity index (χ1v) is 4.66. The molecule has 0 atom stereocenters. The summed E-state index contributed by atoms with van der Waals surface area (Å²) in [7, 11) is 0. The van der Waals surface area contributed by atoms with Gasteiger partial charge in [-0.05, 0) is 20.3 Å². The highest BCUT2D eigenvalue weighted by molar-refractivity contribution is 6.04. The zero-order chi connectivity index (χ0) is 11.2. The highest BCUT2D eigenvalue weighted by atomic mass is 16.6. The molecule has 0 aliphatic rings. The molecule has 5 nitrogen and oxygen atoms in total. The molecule has 0 rings (SSSR count). The Bertz CT molecular complexity index is 197. The Hall–Kier alpha value is -1.10. The van der Waals surface area contributed by atoms with E-state index in [1.165, 1.54) is 0 Å². The maximum absolute atomic E-state index is 11.4. The average molecular weight is 203 g/mol. The van der Waals surface area contributed by atoms with Gasteiger partial charge in [-0.1, -0.05) is 6.92 Å². The second kappa shape index (κ2) is 5.59. The largest absolute Gasteiger partial charge is 0.464 e. The van der Waals surface area contributed by atoms with Gasteiger partial charge in [-0.2, -0.15) is 0 Å². The number of hydrogen-bond acceptors (Lipinski definition) is 5. The number of carbonyl (C=O) groups excluding carboxylic acids is 2. The maximum Gasteiger partial charge on any atom is 0.337 e. The number of esters is 2. The maximum atomic E-state index is 11.4. The highest BCUT2D eigenvalue weighted by Crippen LogP contribution is 2.11. The standard InChI is InChI=1S/C9H17NO4/c1-4-9(10,7(11)13-5-2)8(12)14-6-3/h4-6,10H2,1-3H3. The Morgan fingerprint density at radius 3 is 1.64 bits per heavy atom. The molecular weight excluding hydrogens is 186 g/mol. The summed E-state index contributed by atoms with van der Waals surface area (Å²) >= 11 is 0. The van der Waals surface area contributed by atoms with E-state index in [0.29, 0.717) is 0 Å². The van der Waals surface area contributed by atoms with Crippen molar-refractivity contribution in [2.75, 3.05) is 13.2 Å². The predicted molar refractivity (Wildman–Crippen MR) is 50.5 cm³/mol. The lowest BCUT2D eigenvalue weighted by molar-refractivity contribution is -0.164. The SMILES string of the molecule is CCOC(=O)C(N)(CC)C(=O)OCC. The molecule has 0 unspecified atom stereocenters. The second-order valence-electron chi connectivity index (χ2n) is 2.77. The van der Waals surface area contributed by atoms with E-state index in [1.54, 1.807) is 20.8 Å². The summed E-state index contributed by atoms with van der Waals surface area (Å²) in [5.41, 5.74) is 3.95. The first kappa shape index (κ1) is 12.9. The van der Waals surface area contributed by atoms with Crippen LogP contribution in [-0.2, 0) is 19.1 Å². The fourth-order valence-electron chi connectivity index (χ4n) is 0.892. The highest BCUT2D eigenvalue weighted by Gasteiger charge is 2.43. The van der Waals surface area contributed by atoms with Gasteiger partial charge < -0.3 is 15.2 Å². The van der Waals surface area contributed by atoms with Gasteiger partial charge in [0.05, 0.1) is 13.2 Å². The van der Waals surface area contributed by atoms with Crippen molar-refractivity contribution in [3.05, 3.63) is 0 Å². The third kappa shape index (κ3) is 2.70. The van der Waals surface area contributed by atoms with Crippen LogP contribution in [0.25, 0.3) is 0 Å². The van der Waals surface area contributed by atoms with Gasteiger partial charge in [0.1, 0.15) is 0 Å². The minimum atomic E-state index is -1.66. The number of hydrogen-bond donors (Lipinski definition) is 1. The van der Waals surface area contributed by atoms with Crippen LogP contribution in [0.1, 0.15) is 27.2 Å². The van der Waals surface area contributed by atoms with Gasteiger partial charge in [0.2, 0.25) is 5.54 Å². The Labute approximate surface area is 83.5 Å². The normalized spacial score (nSPS) is 10.9. The molecule has 0 amide bonds. The molecule has 0 aliphatic heterocycles. The van der Waals surface area contributed by atoms with Crippen LogP contribution >= 0.6 is 0 Å². The van der Waals surface area contributed by atoms with Crippen LogP contribution in [0.5, 0.6) is 0 Å². The molecule has 0 radical (unpaired) electrons. The second-order valence-corrected chi connectivity index (χ2v) is 2.77. The van der Waals surface area contributed by atoms with Crippen LogP contribution in [0.3, 0.4) is 0 Å². The van der Waals surface area contributed by atoms with Gasteiger partial charge in [-0.25, -0.2) is 9.59 Å². The zero-order valence-electron chi connectivity index (χ0n) is 8.83. The monoisotopic (exact) mass is 203 g/mol. The number of rotatable bonds is 5. The van der Waals surface area contributed by atoms with Crippen LogP contribution in [-0.4, -0.2) is 30.7 Å². The lowest BCUT2D eigenvalue weighted by Crippen LogP contribution is -2.56. The first-order chi connectivity index (χ1) is 6.52. The molecule has 2 N–H and O–H groups in total. The van der Waals surface area contributed by atoms with Gasteiger partial charge in [-0.15, -0.1) is 0 Å². The van der Waals surface area contributed by atoms with Crippen molar-refractivity contribution in [2.24, 2.45) is 5.73 Å². The number of carbonyl (C=O) groups is 2. The molecule has 0 aliphatic carbocycles. The quantitative estimate of drug-likeness (QED) is 0.510. The lowest BCUT2D eigenvalue weighted by Gasteiger charge is -2.22. The Morgan fingerprint density at radius 2 is 1.43 bits per heavy atom. The van der Waals surface area contributed by atoms with Crippen molar-refractivity contribution in [3.8, 4) is 0 Å². The molecule has 0 aromatic heterocycles. The van der Waals surface area contributed by atoms with Crippen molar-refractivity contribution in [2.45, 2.75) is 32.7 Å². The first-order valence-electron chi connectivity index (χ1n) is 4.66. The summed E-state index contributed by atoms with van der Waals surface area (Å²) in [6.07, 6.45) is 0.157. The van der Waals surface area contributed by atoms with E-state index in [-0.39, 0.29) is 19.6 Å². The van der Waals surface area contributed by atoms with E-state index < -0.39 is 17.5 Å². The van der Waals surface area contributed by atoms with Crippen LogP contribution < -0.4 is 5.73 Å². The smallest absolute Gasteiger partial charge is 0.337 e. The summed E-state index contributed by atoms with van der Waals surface area (Å²) in [6, 6.07) is 0. The molecule has 0 aromatic rings. The van der Waals surface area contributed by atoms with E-state index in [0.717, 1.165) is 0 Å². The Balaban J connectivity index is 4.60. The van der Waals surface area contributed by atoms with Gasteiger partial charge >= 0.3 is 11.9 Å². The molecule has 0 spiro atoms. The number of nitrogens with two attached hydrogens (primary N) is 1. The van der Waals surface area contributed by atoms with Crippen LogP contribution in [0, 0.1) is 0 Å². The fourth-order valence-corrected chi connectivity index (χ4v) is 0.892. The third-order valence-corrected chi connectivity index (χ3v) is 1.84. The summed E-state index contributed by atoms with van der Waals surface area (Å²) in [5, 5.41) is 0. The number of ether oxygens (including phenoxy) is 2. The van der Waals surface area contributed by atoms with Crippen molar-refractivity contribution >= 4 is 11.9 Å². The fraction of sp³-hybridized carbons (Fsp3) is 0.778. The molecule has 0 bridgehead atoms. The van der Waals surface area contributed by atoms with E-state index in [2.05, 4.69) is 0 Å². The molecule has 0 aromatic carbocycles. The van der Waals surface area contributed by atoms with Crippen molar-refractivity contribution in [1.82, 2.24) is 0 Å². The summed E-state index contributed by atoms with van der Waals surface area (Å²) < 4.78 is 9.40. The minimum Gasteiger partial charge on any atom is -0.464 e. The lowest BCUT2D eigenvalue weighted by atomic mass is 9.98. The Kier molecular flexibility index (Phi) is 5.15. The molecule has 82 valence electrons. The summed E-state index contributed by atoms with van der Waals surface area (Å²) in [6.45, 7) is 5.32.